The summed E-state index contributed by atoms with van der Waals surface area (Å²) in [5.74, 6) is 1.21. The number of aryl methyl sites for hydroxylation is 1. The van der Waals surface area contributed by atoms with Crippen LogP contribution in [0.1, 0.15) is 67.2 Å². The molecule has 3 atom stereocenters. The van der Waals surface area contributed by atoms with Crippen LogP contribution in [0.3, 0.4) is 0 Å². The average Bonchev–Trinajstić information content (AvgIpc) is 2.89. The van der Waals surface area contributed by atoms with E-state index in [1.54, 1.807) is 0 Å². The lowest BCUT2D eigenvalue weighted by atomic mass is 9.89. The number of benzene rings is 3. The lowest BCUT2D eigenvalue weighted by Crippen LogP contribution is -2.49. The molecule has 3 aromatic carbocycles. The van der Waals surface area contributed by atoms with Gasteiger partial charge in [0.2, 0.25) is 5.91 Å². The predicted molar refractivity (Wildman–Crippen MR) is 140 cm³/mol. The molecule has 3 aromatic rings. The van der Waals surface area contributed by atoms with Crippen LogP contribution in [0.5, 0.6) is 11.5 Å². The molecule has 5 rings (SSSR count). The van der Waals surface area contributed by atoms with E-state index in [4.69, 9.17) is 15.2 Å². The summed E-state index contributed by atoms with van der Waals surface area (Å²) in [6.07, 6.45) is 1.33. The number of fused-ring (bicyclic) bond motifs is 2. The summed E-state index contributed by atoms with van der Waals surface area (Å²) in [7, 11) is 0. The smallest absolute Gasteiger partial charge is 0.235 e. The van der Waals surface area contributed by atoms with Gasteiger partial charge in [0.25, 0.3) is 0 Å². The average molecular weight is 473 g/mol. The molecular formula is C30H36N2O3. The molecule has 0 saturated heterocycles. The minimum Gasteiger partial charge on any atom is -0.485 e. The van der Waals surface area contributed by atoms with E-state index in [9.17, 15) is 4.79 Å². The van der Waals surface area contributed by atoms with Crippen molar-refractivity contribution in [2.75, 3.05) is 6.61 Å². The van der Waals surface area contributed by atoms with Crippen molar-refractivity contribution < 1.29 is 14.3 Å². The third-order valence-corrected chi connectivity index (χ3v) is 6.84. The van der Waals surface area contributed by atoms with Crippen LogP contribution in [0.25, 0.3) is 0 Å². The highest BCUT2D eigenvalue weighted by atomic mass is 16.6. The van der Waals surface area contributed by atoms with Gasteiger partial charge in [-0.1, -0.05) is 80.9 Å². The summed E-state index contributed by atoms with van der Waals surface area (Å²) >= 11 is 0. The van der Waals surface area contributed by atoms with Gasteiger partial charge in [-0.25, -0.2) is 0 Å². The molecule has 0 bridgehead atoms. The number of primary amides is 1. The summed E-state index contributed by atoms with van der Waals surface area (Å²) in [5.41, 5.74) is 11.7. The fourth-order valence-corrected chi connectivity index (χ4v) is 5.05. The van der Waals surface area contributed by atoms with Gasteiger partial charge in [0.1, 0.15) is 6.61 Å². The van der Waals surface area contributed by atoms with Crippen molar-refractivity contribution in [2.45, 2.75) is 65.3 Å². The monoisotopic (exact) mass is 472 g/mol. The van der Waals surface area contributed by atoms with E-state index in [0.717, 1.165) is 34.6 Å². The highest BCUT2D eigenvalue weighted by Gasteiger charge is 2.36. The molecule has 0 saturated carbocycles. The molecule has 0 radical (unpaired) electrons. The zero-order chi connectivity index (χ0) is 24.9. The third kappa shape index (κ3) is 5.20. The van der Waals surface area contributed by atoms with Gasteiger partial charge in [0.05, 0.1) is 6.04 Å². The highest BCUT2D eigenvalue weighted by molar-refractivity contribution is 5.81. The van der Waals surface area contributed by atoms with E-state index in [2.05, 4.69) is 61.2 Å². The lowest BCUT2D eigenvalue weighted by Gasteiger charge is -2.41. The Morgan fingerprint density at radius 3 is 2.37 bits per heavy atom. The van der Waals surface area contributed by atoms with Crippen molar-refractivity contribution in [3.8, 4) is 11.5 Å². The molecule has 2 aliphatic rings. The molecule has 2 aliphatic heterocycles. The zero-order valence-corrected chi connectivity index (χ0v) is 21.2. The van der Waals surface area contributed by atoms with Crippen molar-refractivity contribution in [1.82, 2.24) is 4.90 Å². The number of hydrogen-bond donors (Lipinski definition) is 1. The van der Waals surface area contributed by atoms with Gasteiger partial charge in [-0.15, -0.1) is 0 Å². The van der Waals surface area contributed by atoms with Gasteiger partial charge >= 0.3 is 0 Å². The van der Waals surface area contributed by atoms with Gasteiger partial charge < -0.3 is 15.2 Å². The van der Waals surface area contributed by atoms with Crippen LogP contribution in [0.4, 0.5) is 0 Å². The topological polar surface area (TPSA) is 64.8 Å². The quantitative estimate of drug-likeness (QED) is 0.502. The number of nitrogens with two attached hydrogens (primary N) is 1. The number of hydrogen-bond acceptors (Lipinski definition) is 4. The second-order valence-corrected chi connectivity index (χ2v) is 9.03. The maximum atomic E-state index is 12.5. The Morgan fingerprint density at radius 1 is 1.03 bits per heavy atom. The Kier molecular flexibility index (Phi) is 7.76. The lowest BCUT2D eigenvalue weighted by molar-refractivity contribution is -0.125. The van der Waals surface area contributed by atoms with E-state index in [0.29, 0.717) is 19.6 Å². The summed E-state index contributed by atoms with van der Waals surface area (Å²) in [6, 6.07) is 22.6. The van der Waals surface area contributed by atoms with Crippen LogP contribution in [0.15, 0.2) is 66.7 Å². The number of carbonyl (C=O) groups is 1. The SMILES string of the molecule is CC.CCC(c1ccccc1)N1Cc2cc3c(cc2CC1C(N)=O)OCC(c1ccc(C)cc1)O3. The minimum absolute atomic E-state index is 0.116. The maximum absolute atomic E-state index is 12.5. The Labute approximate surface area is 208 Å². The molecule has 2 N–H and O–H groups in total. The first-order valence-electron chi connectivity index (χ1n) is 12.6. The Morgan fingerprint density at radius 2 is 1.71 bits per heavy atom. The first kappa shape index (κ1) is 24.8. The molecule has 3 unspecified atom stereocenters. The van der Waals surface area contributed by atoms with E-state index in [1.165, 1.54) is 11.1 Å². The summed E-state index contributed by atoms with van der Waals surface area (Å²) in [5, 5.41) is 0. The van der Waals surface area contributed by atoms with Gasteiger partial charge in [0, 0.05) is 12.6 Å². The first-order chi connectivity index (χ1) is 17.0. The molecule has 0 fully saturated rings. The molecular weight excluding hydrogens is 436 g/mol. The highest BCUT2D eigenvalue weighted by Crippen LogP contribution is 2.42. The van der Waals surface area contributed by atoms with Crippen LogP contribution in [-0.4, -0.2) is 23.5 Å². The second-order valence-electron chi connectivity index (χ2n) is 9.03. The van der Waals surface area contributed by atoms with Gasteiger partial charge in [-0.3, -0.25) is 9.69 Å². The molecule has 0 aliphatic carbocycles. The number of nitrogens with zero attached hydrogens (tertiary/aromatic N) is 1. The molecule has 184 valence electrons. The summed E-state index contributed by atoms with van der Waals surface area (Å²) < 4.78 is 12.5. The number of ether oxygens (including phenoxy) is 2. The van der Waals surface area contributed by atoms with E-state index in [1.807, 2.05) is 38.1 Å². The summed E-state index contributed by atoms with van der Waals surface area (Å²) in [4.78, 5) is 14.7. The molecule has 1 amide bonds. The molecule has 5 nitrogen and oxygen atoms in total. The number of rotatable bonds is 5. The van der Waals surface area contributed by atoms with Gasteiger partial charge in [0.15, 0.2) is 17.6 Å². The van der Waals surface area contributed by atoms with Crippen molar-refractivity contribution >= 4 is 5.91 Å². The fourth-order valence-electron chi connectivity index (χ4n) is 5.05. The van der Waals surface area contributed by atoms with Gasteiger partial charge in [-0.2, -0.15) is 0 Å². The molecule has 35 heavy (non-hydrogen) atoms. The summed E-state index contributed by atoms with van der Waals surface area (Å²) in [6.45, 7) is 9.34. The predicted octanol–water partition coefficient (Wildman–Crippen LogP) is 5.90. The Hall–Kier alpha value is -3.31. The van der Waals surface area contributed by atoms with E-state index in [-0.39, 0.29) is 24.1 Å². The maximum Gasteiger partial charge on any atom is 0.235 e. The van der Waals surface area contributed by atoms with Crippen LogP contribution in [0.2, 0.25) is 0 Å². The Balaban J connectivity index is 0.00000141. The standard InChI is InChI=1S/C28H30N2O3.C2H6/c1-3-23(19-7-5-4-6-8-19)30-16-22-15-26-25(14-21(22)13-24(30)28(29)31)32-17-27(33-26)20-11-9-18(2)10-12-20;1-2/h4-12,14-15,23-24,27H,3,13,16-17H2,1-2H3,(H2,29,31);1-2H3. The number of carbonyl (C=O) groups excluding carboxylic acids is 1. The van der Waals surface area contributed by atoms with Crippen molar-refractivity contribution in [2.24, 2.45) is 5.73 Å². The molecule has 5 heteroatoms. The third-order valence-electron chi connectivity index (χ3n) is 6.84. The van der Waals surface area contributed by atoms with Crippen molar-refractivity contribution in [3.63, 3.8) is 0 Å². The van der Waals surface area contributed by atoms with E-state index < -0.39 is 0 Å². The van der Waals surface area contributed by atoms with Crippen LogP contribution >= 0.6 is 0 Å². The Bertz CT molecular complexity index is 1140. The van der Waals surface area contributed by atoms with Crippen LogP contribution in [0, 0.1) is 6.92 Å². The van der Waals surface area contributed by atoms with Crippen LogP contribution < -0.4 is 15.2 Å². The van der Waals surface area contributed by atoms with E-state index >= 15 is 0 Å². The van der Waals surface area contributed by atoms with Crippen molar-refractivity contribution in [3.05, 3.63) is 94.5 Å². The number of amides is 1. The molecule has 0 aromatic heterocycles. The second kappa shape index (κ2) is 11.0. The molecule has 2 heterocycles. The van der Waals surface area contributed by atoms with Crippen molar-refractivity contribution in [1.29, 1.82) is 0 Å². The first-order valence-corrected chi connectivity index (χ1v) is 12.6. The van der Waals surface area contributed by atoms with Gasteiger partial charge in [-0.05, 0) is 54.2 Å². The largest absolute Gasteiger partial charge is 0.485 e. The molecule has 0 spiro atoms. The fraction of sp³-hybridized carbons (Fsp3) is 0.367. The minimum atomic E-state index is -0.356. The normalized spacial score (nSPS) is 19.7. The zero-order valence-electron chi connectivity index (χ0n) is 21.2. The van der Waals surface area contributed by atoms with Crippen LogP contribution in [-0.2, 0) is 17.8 Å².